The molecule has 0 aromatic carbocycles. The second-order valence-corrected chi connectivity index (χ2v) is 6.98. The van der Waals surface area contributed by atoms with E-state index in [0.717, 1.165) is 24.8 Å². The van der Waals surface area contributed by atoms with Crippen molar-refractivity contribution in [2.75, 3.05) is 13.7 Å². The number of thiophene rings is 1. The molecule has 1 aliphatic carbocycles. The van der Waals surface area contributed by atoms with E-state index in [0.29, 0.717) is 6.54 Å². The van der Waals surface area contributed by atoms with E-state index in [1.54, 1.807) is 11.3 Å². The van der Waals surface area contributed by atoms with Gasteiger partial charge in [-0.15, -0.1) is 11.3 Å². The standard InChI is InChI=1S/C13H16INO3S/c1-18-13(17)10(14)7-15-12(16)9-3-2-4-11-8(9)5-6-19-11/h5-6,9-10H,2-4,7H2,1H3,(H,15,16). The van der Waals surface area contributed by atoms with Crippen molar-refractivity contribution < 1.29 is 14.3 Å². The topological polar surface area (TPSA) is 55.4 Å². The predicted octanol–water partition coefficient (Wildman–Crippen LogP) is 2.26. The summed E-state index contributed by atoms with van der Waals surface area (Å²) in [6.45, 7) is 0.321. The number of methoxy groups -OCH3 is 1. The molecule has 2 atom stereocenters. The highest BCUT2D eigenvalue weighted by Gasteiger charge is 2.28. The number of carbonyl (C=O) groups excluding carboxylic acids is 2. The van der Waals surface area contributed by atoms with Gasteiger partial charge in [0, 0.05) is 11.4 Å². The first kappa shape index (κ1) is 14.8. The van der Waals surface area contributed by atoms with Crippen molar-refractivity contribution in [1.82, 2.24) is 5.32 Å². The Morgan fingerprint density at radius 2 is 2.42 bits per heavy atom. The summed E-state index contributed by atoms with van der Waals surface area (Å²) in [4.78, 5) is 24.8. The van der Waals surface area contributed by atoms with Crippen LogP contribution in [-0.2, 0) is 20.7 Å². The minimum absolute atomic E-state index is 0.0184. The molecule has 6 heteroatoms. The van der Waals surface area contributed by atoms with Crippen LogP contribution in [0.25, 0.3) is 0 Å². The number of alkyl halides is 1. The molecule has 4 nitrogen and oxygen atoms in total. The van der Waals surface area contributed by atoms with E-state index in [4.69, 9.17) is 0 Å². The van der Waals surface area contributed by atoms with Crippen LogP contribution >= 0.6 is 33.9 Å². The summed E-state index contributed by atoms with van der Waals surface area (Å²) in [5.41, 5.74) is 1.16. The van der Waals surface area contributed by atoms with Gasteiger partial charge in [-0.05, 0) is 36.3 Å². The number of fused-ring (bicyclic) bond motifs is 1. The highest BCUT2D eigenvalue weighted by molar-refractivity contribution is 14.1. The minimum Gasteiger partial charge on any atom is -0.468 e. The molecular formula is C13H16INO3S. The fourth-order valence-corrected chi connectivity index (χ4v) is 3.75. The van der Waals surface area contributed by atoms with Crippen LogP contribution in [0.15, 0.2) is 11.4 Å². The van der Waals surface area contributed by atoms with E-state index in [1.165, 1.54) is 12.0 Å². The molecule has 0 saturated carbocycles. The van der Waals surface area contributed by atoms with Gasteiger partial charge in [0.1, 0.15) is 3.92 Å². The Bertz CT molecular complexity index is 474. The second kappa shape index (κ2) is 6.69. The molecule has 19 heavy (non-hydrogen) atoms. The molecule has 2 unspecified atom stereocenters. The third kappa shape index (κ3) is 3.47. The molecule has 104 valence electrons. The molecule has 1 aromatic heterocycles. The van der Waals surface area contributed by atoms with Crippen molar-refractivity contribution in [3.05, 3.63) is 21.9 Å². The van der Waals surface area contributed by atoms with Crippen molar-refractivity contribution in [3.8, 4) is 0 Å². The summed E-state index contributed by atoms with van der Waals surface area (Å²) in [5, 5.41) is 4.90. The zero-order chi connectivity index (χ0) is 13.8. The van der Waals surface area contributed by atoms with Gasteiger partial charge in [0.2, 0.25) is 5.91 Å². The van der Waals surface area contributed by atoms with Gasteiger partial charge in [0.15, 0.2) is 0 Å². The van der Waals surface area contributed by atoms with Crippen molar-refractivity contribution in [2.45, 2.75) is 29.1 Å². The molecule has 1 aromatic rings. The molecule has 0 bridgehead atoms. The number of carbonyl (C=O) groups is 2. The number of esters is 1. The average Bonchev–Trinajstić information content (AvgIpc) is 2.91. The lowest BCUT2D eigenvalue weighted by Gasteiger charge is -2.22. The zero-order valence-electron chi connectivity index (χ0n) is 10.6. The van der Waals surface area contributed by atoms with Gasteiger partial charge in [-0.25, -0.2) is 0 Å². The number of hydrogen-bond donors (Lipinski definition) is 1. The first-order valence-electron chi connectivity index (χ1n) is 6.19. The Morgan fingerprint density at radius 3 is 3.16 bits per heavy atom. The second-order valence-electron chi connectivity index (χ2n) is 4.48. The van der Waals surface area contributed by atoms with Gasteiger partial charge < -0.3 is 10.1 Å². The minimum atomic E-state index is -0.336. The Labute approximate surface area is 130 Å². The molecule has 0 saturated heterocycles. The van der Waals surface area contributed by atoms with E-state index in [1.807, 2.05) is 34.0 Å². The summed E-state index contributed by atoms with van der Waals surface area (Å²) in [6, 6.07) is 2.05. The summed E-state index contributed by atoms with van der Waals surface area (Å²) < 4.78 is 4.30. The Morgan fingerprint density at radius 1 is 1.63 bits per heavy atom. The van der Waals surface area contributed by atoms with E-state index < -0.39 is 0 Å². The lowest BCUT2D eigenvalue weighted by molar-refractivity contribution is -0.139. The Kier molecular flexibility index (Phi) is 5.20. The van der Waals surface area contributed by atoms with E-state index in [9.17, 15) is 9.59 Å². The van der Waals surface area contributed by atoms with Crippen LogP contribution in [0.3, 0.4) is 0 Å². The molecule has 1 N–H and O–H groups in total. The van der Waals surface area contributed by atoms with Gasteiger partial charge in [0.05, 0.1) is 13.0 Å². The highest BCUT2D eigenvalue weighted by Crippen LogP contribution is 2.34. The largest absolute Gasteiger partial charge is 0.468 e. The molecule has 0 spiro atoms. The molecule has 0 aliphatic heterocycles. The van der Waals surface area contributed by atoms with E-state index >= 15 is 0 Å². The van der Waals surface area contributed by atoms with Gasteiger partial charge in [-0.2, -0.15) is 0 Å². The number of nitrogens with one attached hydrogen (secondary N) is 1. The normalized spacial score (nSPS) is 19.4. The van der Waals surface area contributed by atoms with Crippen LogP contribution in [0.5, 0.6) is 0 Å². The van der Waals surface area contributed by atoms with Gasteiger partial charge in [-0.3, -0.25) is 9.59 Å². The number of aryl methyl sites for hydroxylation is 1. The van der Waals surface area contributed by atoms with Crippen LogP contribution in [0.1, 0.15) is 29.2 Å². The van der Waals surface area contributed by atoms with E-state index in [-0.39, 0.29) is 21.7 Å². The van der Waals surface area contributed by atoms with Gasteiger partial charge in [0.25, 0.3) is 0 Å². The van der Waals surface area contributed by atoms with Gasteiger partial charge >= 0.3 is 5.97 Å². The molecule has 0 fully saturated rings. The molecule has 1 aliphatic rings. The van der Waals surface area contributed by atoms with Gasteiger partial charge in [-0.1, -0.05) is 22.6 Å². The smallest absolute Gasteiger partial charge is 0.320 e. The first-order chi connectivity index (χ1) is 9.13. The molecule has 2 rings (SSSR count). The lowest BCUT2D eigenvalue weighted by atomic mass is 9.87. The molecule has 0 radical (unpaired) electrons. The lowest BCUT2D eigenvalue weighted by Crippen LogP contribution is -2.37. The summed E-state index contributed by atoms with van der Waals surface area (Å²) >= 11 is 3.71. The number of ether oxygens (including phenoxy) is 1. The molecule has 1 amide bonds. The third-order valence-electron chi connectivity index (χ3n) is 3.28. The van der Waals surface area contributed by atoms with Crippen LogP contribution in [0.2, 0.25) is 0 Å². The zero-order valence-corrected chi connectivity index (χ0v) is 13.6. The fraction of sp³-hybridized carbons (Fsp3) is 0.538. The maximum absolute atomic E-state index is 12.2. The van der Waals surface area contributed by atoms with Crippen LogP contribution in [-0.4, -0.2) is 29.5 Å². The van der Waals surface area contributed by atoms with Crippen molar-refractivity contribution >= 4 is 45.8 Å². The fourth-order valence-electron chi connectivity index (χ4n) is 2.28. The number of amides is 1. The Balaban J connectivity index is 1.93. The van der Waals surface area contributed by atoms with Crippen LogP contribution in [0, 0.1) is 0 Å². The molecule has 1 heterocycles. The van der Waals surface area contributed by atoms with Crippen LogP contribution in [0.4, 0.5) is 0 Å². The number of rotatable bonds is 4. The van der Waals surface area contributed by atoms with Crippen molar-refractivity contribution in [1.29, 1.82) is 0 Å². The SMILES string of the molecule is COC(=O)C(I)CNC(=O)C1CCCc2sccc21. The van der Waals surface area contributed by atoms with Crippen molar-refractivity contribution in [3.63, 3.8) is 0 Å². The maximum Gasteiger partial charge on any atom is 0.320 e. The summed E-state index contributed by atoms with van der Waals surface area (Å²) in [5.74, 6) is -0.345. The average molecular weight is 393 g/mol. The number of hydrogen-bond acceptors (Lipinski definition) is 4. The molecular weight excluding hydrogens is 377 g/mol. The maximum atomic E-state index is 12.2. The number of halogens is 1. The predicted molar refractivity (Wildman–Crippen MR) is 82.8 cm³/mol. The van der Waals surface area contributed by atoms with Crippen LogP contribution < -0.4 is 5.32 Å². The quantitative estimate of drug-likeness (QED) is 0.485. The summed E-state index contributed by atoms with van der Waals surface area (Å²) in [7, 11) is 1.36. The first-order valence-corrected chi connectivity index (χ1v) is 8.32. The van der Waals surface area contributed by atoms with Crippen molar-refractivity contribution in [2.24, 2.45) is 0 Å². The highest BCUT2D eigenvalue weighted by atomic mass is 127. The summed E-state index contributed by atoms with van der Waals surface area (Å²) in [6.07, 6.45) is 3.02. The Hall–Kier alpha value is -0.630. The monoisotopic (exact) mass is 393 g/mol. The third-order valence-corrected chi connectivity index (χ3v) is 5.23. The van der Waals surface area contributed by atoms with E-state index in [2.05, 4.69) is 10.1 Å².